The fourth-order valence-corrected chi connectivity index (χ4v) is 5.29. The average molecular weight is 690 g/mol. The second-order valence-electron chi connectivity index (χ2n) is 12.0. The number of nitrogens with two attached hydrogens (primary N) is 1. The normalized spacial score (nSPS) is 14.3. The van der Waals surface area contributed by atoms with Gasteiger partial charge in [-0.2, -0.15) is 0 Å². The first-order chi connectivity index (χ1) is 22.6. The third-order valence-electron chi connectivity index (χ3n) is 7.42. The smallest absolute Gasteiger partial charge is 0.472 e. The second kappa shape index (κ2) is 31.2. The van der Waals surface area contributed by atoms with Crippen LogP contribution in [0.2, 0.25) is 0 Å². The van der Waals surface area contributed by atoms with Crippen LogP contribution in [-0.4, -0.2) is 59.9 Å². The lowest BCUT2D eigenvalue weighted by atomic mass is 10.1. The largest absolute Gasteiger partial charge is 0.480 e. The van der Waals surface area contributed by atoms with E-state index in [0.717, 1.165) is 77.0 Å². The third-order valence-corrected chi connectivity index (χ3v) is 8.37. The number of hydrogen-bond acceptors (Lipinski definition) is 9. The van der Waals surface area contributed by atoms with Gasteiger partial charge >= 0.3 is 25.7 Å². The van der Waals surface area contributed by atoms with Crippen LogP contribution in [0.5, 0.6) is 0 Å². The Balaban J connectivity index is 4.51. The van der Waals surface area contributed by atoms with Crippen LogP contribution in [0.15, 0.2) is 24.3 Å². The van der Waals surface area contributed by atoms with Gasteiger partial charge in [-0.25, -0.2) is 4.57 Å². The fraction of sp³-hybridized carbons (Fsp3) is 0.800. The van der Waals surface area contributed by atoms with Gasteiger partial charge in [0.25, 0.3) is 0 Å². The SMILES string of the molecule is CCCC/C=C\CCCCCCCC(=O)OC[C@H](COP(=O)(O)OC[C@H](N)C(=O)O)OC(=O)CCCCCCC/C=C\CCCCC. The minimum absolute atomic E-state index is 0.150. The first-order valence-electron chi connectivity index (χ1n) is 17.9. The molecule has 0 rings (SSSR count). The molecule has 0 aliphatic rings. The minimum Gasteiger partial charge on any atom is -0.480 e. The number of phosphoric ester groups is 1. The van der Waals surface area contributed by atoms with E-state index < -0.39 is 51.1 Å². The van der Waals surface area contributed by atoms with Gasteiger partial charge in [0.05, 0.1) is 13.2 Å². The summed E-state index contributed by atoms with van der Waals surface area (Å²) in [5.41, 5.74) is 5.30. The van der Waals surface area contributed by atoms with Gasteiger partial charge in [-0.15, -0.1) is 0 Å². The highest BCUT2D eigenvalue weighted by Gasteiger charge is 2.28. The van der Waals surface area contributed by atoms with Crippen molar-refractivity contribution in [3.8, 4) is 0 Å². The van der Waals surface area contributed by atoms with Crippen molar-refractivity contribution in [1.82, 2.24) is 0 Å². The van der Waals surface area contributed by atoms with Gasteiger partial charge in [0.15, 0.2) is 6.10 Å². The Bertz CT molecular complexity index is 911. The van der Waals surface area contributed by atoms with Crippen LogP contribution < -0.4 is 5.73 Å². The summed E-state index contributed by atoms with van der Waals surface area (Å²) in [6, 6.07) is -1.52. The number of rotatable bonds is 33. The maximum absolute atomic E-state index is 12.5. The van der Waals surface area contributed by atoms with Crippen LogP contribution in [0.1, 0.15) is 149 Å². The molecule has 0 aromatic carbocycles. The molecule has 0 amide bonds. The fourth-order valence-electron chi connectivity index (χ4n) is 4.51. The molecule has 0 heterocycles. The highest BCUT2D eigenvalue weighted by atomic mass is 31.2. The number of allylic oxidation sites excluding steroid dienone is 4. The summed E-state index contributed by atoms with van der Waals surface area (Å²) in [6.07, 6.45) is 28.3. The van der Waals surface area contributed by atoms with E-state index in [4.69, 9.17) is 24.8 Å². The molecule has 0 aliphatic carbocycles. The standard InChI is InChI=1S/C35H64NO10P/c1-3-5-7-9-11-13-15-17-19-21-23-25-27-34(38)46-31(29-44-47(41,42)45-30-32(36)35(39)40)28-43-33(37)26-24-22-20-18-16-14-12-10-8-6-4-2/h10-13,31-32H,3-9,14-30,36H2,1-2H3,(H,39,40)(H,41,42)/b12-10-,13-11-/t31-,32+/m1/s1. The summed E-state index contributed by atoms with van der Waals surface area (Å²) < 4.78 is 32.4. The topological polar surface area (TPSA) is 172 Å². The molecule has 0 radical (unpaired) electrons. The van der Waals surface area contributed by atoms with Crippen molar-refractivity contribution in [3.05, 3.63) is 24.3 Å². The van der Waals surface area contributed by atoms with Gasteiger partial charge in [-0.1, -0.05) is 102 Å². The van der Waals surface area contributed by atoms with Crippen LogP contribution in [0.3, 0.4) is 0 Å². The van der Waals surface area contributed by atoms with E-state index in [1.165, 1.54) is 32.1 Å². The molecule has 0 aromatic heterocycles. The van der Waals surface area contributed by atoms with Gasteiger partial charge < -0.3 is 25.2 Å². The molecule has 1 unspecified atom stereocenters. The Kier molecular flexibility index (Phi) is 29.9. The molecule has 0 spiro atoms. The van der Waals surface area contributed by atoms with Crippen molar-refractivity contribution in [2.45, 2.75) is 161 Å². The lowest BCUT2D eigenvalue weighted by Crippen LogP contribution is -2.34. The number of aliphatic carboxylic acids is 1. The van der Waals surface area contributed by atoms with Gasteiger partial charge in [0.2, 0.25) is 0 Å². The van der Waals surface area contributed by atoms with Crippen molar-refractivity contribution in [1.29, 1.82) is 0 Å². The summed E-state index contributed by atoms with van der Waals surface area (Å²) in [5, 5.41) is 8.83. The summed E-state index contributed by atoms with van der Waals surface area (Å²) >= 11 is 0. The molecule has 0 saturated heterocycles. The number of esters is 2. The second-order valence-corrected chi connectivity index (χ2v) is 13.4. The third kappa shape index (κ3) is 31.0. The molecule has 11 nitrogen and oxygen atoms in total. The quantitative estimate of drug-likeness (QED) is 0.0262. The van der Waals surface area contributed by atoms with E-state index in [9.17, 15) is 23.8 Å². The molecule has 3 atom stereocenters. The van der Waals surface area contributed by atoms with Crippen LogP contribution in [0, 0.1) is 0 Å². The zero-order chi connectivity index (χ0) is 35.0. The predicted octanol–water partition coefficient (Wildman–Crippen LogP) is 8.33. The van der Waals surface area contributed by atoms with Crippen LogP contribution in [-0.2, 0) is 37.5 Å². The maximum Gasteiger partial charge on any atom is 0.472 e. The zero-order valence-corrected chi connectivity index (χ0v) is 30.0. The number of carboxylic acids is 1. The Morgan fingerprint density at radius 3 is 1.62 bits per heavy atom. The zero-order valence-electron chi connectivity index (χ0n) is 29.1. The van der Waals surface area contributed by atoms with Gasteiger partial charge in [0, 0.05) is 12.8 Å². The molecule has 47 heavy (non-hydrogen) atoms. The monoisotopic (exact) mass is 689 g/mol. The molecule has 4 N–H and O–H groups in total. The number of carbonyl (C=O) groups is 3. The average Bonchev–Trinajstić information content (AvgIpc) is 3.04. The first-order valence-corrected chi connectivity index (χ1v) is 19.4. The van der Waals surface area contributed by atoms with Crippen molar-refractivity contribution < 1.29 is 47.5 Å². The molecule has 0 aromatic rings. The van der Waals surface area contributed by atoms with E-state index in [1.54, 1.807) is 0 Å². The van der Waals surface area contributed by atoms with E-state index in [2.05, 4.69) is 42.7 Å². The molecular formula is C35H64NO10P. The molecule has 274 valence electrons. The van der Waals surface area contributed by atoms with E-state index >= 15 is 0 Å². The van der Waals surface area contributed by atoms with Gasteiger partial charge in [-0.05, 0) is 57.8 Å². The molecule has 12 heteroatoms. The number of phosphoric acid groups is 1. The summed E-state index contributed by atoms with van der Waals surface area (Å²) in [6.45, 7) is 2.68. The Hall–Kier alpha value is -2.04. The van der Waals surface area contributed by atoms with E-state index in [1.807, 2.05) is 0 Å². The number of hydrogen-bond donors (Lipinski definition) is 3. The Morgan fingerprint density at radius 2 is 1.09 bits per heavy atom. The predicted molar refractivity (Wildman–Crippen MR) is 185 cm³/mol. The van der Waals surface area contributed by atoms with E-state index in [-0.39, 0.29) is 19.4 Å². The van der Waals surface area contributed by atoms with Gasteiger partial charge in [0.1, 0.15) is 12.6 Å². The van der Waals surface area contributed by atoms with Crippen LogP contribution in [0.4, 0.5) is 0 Å². The Labute approximate surface area is 283 Å². The minimum atomic E-state index is -4.71. The number of carbonyl (C=O) groups excluding carboxylic acids is 2. The molecule has 0 bridgehead atoms. The van der Waals surface area contributed by atoms with E-state index in [0.29, 0.717) is 12.8 Å². The summed E-state index contributed by atoms with van der Waals surface area (Å²) in [7, 11) is -4.71. The highest BCUT2D eigenvalue weighted by Crippen LogP contribution is 2.43. The lowest BCUT2D eigenvalue weighted by Gasteiger charge is -2.20. The number of unbranched alkanes of at least 4 members (excludes halogenated alkanes) is 15. The summed E-state index contributed by atoms with van der Waals surface area (Å²) in [5.74, 6) is -2.41. The van der Waals surface area contributed by atoms with Gasteiger partial charge in [-0.3, -0.25) is 23.4 Å². The maximum atomic E-state index is 12.5. The Morgan fingerprint density at radius 1 is 0.638 bits per heavy atom. The highest BCUT2D eigenvalue weighted by molar-refractivity contribution is 7.47. The molecular weight excluding hydrogens is 625 g/mol. The molecule has 0 aliphatic heterocycles. The van der Waals surface area contributed by atoms with Crippen LogP contribution in [0.25, 0.3) is 0 Å². The lowest BCUT2D eigenvalue weighted by molar-refractivity contribution is -0.161. The summed E-state index contributed by atoms with van der Waals surface area (Å²) in [4.78, 5) is 45.6. The first kappa shape index (κ1) is 45.0. The number of carboxylic acid groups (broad SMARTS) is 1. The van der Waals surface area contributed by atoms with Crippen molar-refractivity contribution in [2.24, 2.45) is 5.73 Å². The molecule has 0 fully saturated rings. The number of ether oxygens (including phenoxy) is 2. The van der Waals surface area contributed by atoms with Crippen molar-refractivity contribution in [2.75, 3.05) is 19.8 Å². The van der Waals surface area contributed by atoms with Crippen molar-refractivity contribution in [3.63, 3.8) is 0 Å². The van der Waals surface area contributed by atoms with Crippen molar-refractivity contribution >= 4 is 25.7 Å². The van der Waals surface area contributed by atoms with Crippen LogP contribution >= 0.6 is 7.82 Å². The molecule has 0 saturated carbocycles.